The Balaban J connectivity index is 3.09. The van der Waals surface area contributed by atoms with Gasteiger partial charge in [0.15, 0.2) is 0 Å². The summed E-state index contributed by atoms with van der Waals surface area (Å²) in [4.78, 5) is 2.41. The molecule has 10 heteroatoms. The minimum atomic E-state index is -4.56. The number of alkyl halides is 3. The van der Waals surface area contributed by atoms with Gasteiger partial charge < -0.3 is 15.6 Å². The fourth-order valence-electron chi connectivity index (χ4n) is 1.54. The monoisotopic (exact) mass is 291 g/mol. The maximum Gasteiger partial charge on any atom is 0.416 e. The van der Waals surface area contributed by atoms with Gasteiger partial charge >= 0.3 is 6.18 Å². The van der Waals surface area contributed by atoms with E-state index in [-0.39, 0.29) is 11.3 Å². The summed E-state index contributed by atoms with van der Waals surface area (Å²) in [6, 6.07) is 2.44. The molecule has 2 atom stereocenters. The van der Waals surface area contributed by atoms with Gasteiger partial charge in [-0.25, -0.2) is 0 Å². The van der Waals surface area contributed by atoms with Crippen molar-refractivity contribution in [3.05, 3.63) is 39.8 Å². The Kier molecular flexibility index (Phi) is 5.17. The van der Waals surface area contributed by atoms with E-state index in [0.717, 1.165) is 12.1 Å². The van der Waals surface area contributed by atoms with Gasteiger partial charge in [0.1, 0.15) is 6.10 Å². The summed E-state index contributed by atoms with van der Waals surface area (Å²) in [6.45, 7) is -0.428. The zero-order valence-electron chi connectivity index (χ0n) is 10.0. The van der Waals surface area contributed by atoms with E-state index >= 15 is 0 Å². The van der Waals surface area contributed by atoms with E-state index in [2.05, 4.69) is 10.0 Å². The molecule has 0 heterocycles. The molecule has 0 radical (unpaired) electrons. The second-order valence-electron chi connectivity index (χ2n) is 3.87. The fraction of sp³-hybridized carbons (Fsp3) is 0.400. The molecule has 0 aliphatic carbocycles. The molecular weight excluding hydrogens is 279 g/mol. The van der Waals surface area contributed by atoms with Crippen LogP contribution >= 0.6 is 0 Å². The summed E-state index contributed by atoms with van der Waals surface area (Å²) in [6.07, 6.45) is -7.57. The van der Waals surface area contributed by atoms with Crippen LogP contribution in [0.4, 0.5) is 18.9 Å². The maximum absolute atomic E-state index is 12.5. The third-order valence-electron chi connectivity index (χ3n) is 2.55. The molecule has 0 fully saturated rings. The molecule has 110 valence electrons. The van der Waals surface area contributed by atoms with E-state index in [1.165, 1.54) is 0 Å². The second kappa shape index (κ2) is 6.44. The third-order valence-corrected chi connectivity index (χ3v) is 2.55. The van der Waals surface area contributed by atoms with Crippen LogP contribution in [-0.4, -0.2) is 22.9 Å². The Morgan fingerprint density at radius 2 is 2.05 bits per heavy atom. The van der Waals surface area contributed by atoms with E-state index in [4.69, 9.17) is 11.4 Å². The number of hydrazine groups is 1. The number of rotatable bonds is 5. The zero-order chi connectivity index (χ0) is 15.3. The van der Waals surface area contributed by atoms with Gasteiger partial charge in [-0.15, -0.1) is 0 Å². The van der Waals surface area contributed by atoms with Crippen LogP contribution in [-0.2, 0) is 6.18 Å². The number of nitrogens with one attached hydrogen (secondary N) is 1. The number of anilines is 1. The van der Waals surface area contributed by atoms with Gasteiger partial charge in [-0.1, -0.05) is 11.2 Å². The number of nitrogen functional groups attached to an aromatic ring is 1. The number of hydrogen-bond donors (Lipinski definition) is 4. The average molecular weight is 291 g/mol. The van der Waals surface area contributed by atoms with Gasteiger partial charge in [-0.05, 0) is 17.7 Å². The molecule has 1 aromatic carbocycles. The van der Waals surface area contributed by atoms with Gasteiger partial charge in [-0.2, -0.15) is 13.2 Å². The van der Waals surface area contributed by atoms with Crippen LogP contribution in [0.25, 0.3) is 10.4 Å². The predicted molar refractivity (Wildman–Crippen MR) is 64.2 cm³/mol. The van der Waals surface area contributed by atoms with E-state index in [1.54, 1.807) is 0 Å². The normalized spacial score (nSPS) is 14.3. The lowest BCUT2D eigenvalue weighted by Gasteiger charge is -2.20. The molecule has 5 N–H and O–H groups in total. The summed E-state index contributed by atoms with van der Waals surface area (Å²) in [5, 5.41) is 22.4. The summed E-state index contributed by atoms with van der Waals surface area (Å²) >= 11 is 0. The second-order valence-corrected chi connectivity index (χ2v) is 3.87. The van der Waals surface area contributed by atoms with Crippen molar-refractivity contribution in [2.75, 3.05) is 12.0 Å². The Morgan fingerprint density at radius 3 is 2.55 bits per heavy atom. The number of benzene rings is 1. The highest BCUT2D eigenvalue weighted by atomic mass is 19.4. The molecule has 0 saturated heterocycles. The first-order chi connectivity index (χ1) is 9.31. The lowest BCUT2D eigenvalue weighted by molar-refractivity contribution is -0.137. The Labute approximate surface area is 111 Å². The van der Waals surface area contributed by atoms with Crippen molar-refractivity contribution < 1.29 is 23.4 Å². The molecule has 0 aliphatic rings. The number of aliphatic hydroxyl groups is 2. The van der Waals surface area contributed by atoms with Gasteiger partial charge in [0, 0.05) is 10.5 Å². The highest BCUT2D eigenvalue weighted by molar-refractivity contribution is 5.54. The molecule has 0 saturated carbocycles. The van der Waals surface area contributed by atoms with Crippen LogP contribution in [0, 0.1) is 0 Å². The van der Waals surface area contributed by atoms with Gasteiger partial charge in [0.2, 0.25) is 0 Å². The summed E-state index contributed by atoms with van der Waals surface area (Å²) in [7, 11) is 0. The minimum absolute atomic E-state index is 0.0406. The molecular formula is C10H12F3N5O2. The van der Waals surface area contributed by atoms with Gasteiger partial charge in [0.05, 0.1) is 23.9 Å². The quantitative estimate of drug-likeness (QED) is 0.216. The van der Waals surface area contributed by atoms with E-state index in [0.29, 0.717) is 6.07 Å². The first-order valence-electron chi connectivity index (χ1n) is 5.36. The van der Waals surface area contributed by atoms with Crippen molar-refractivity contribution in [3.63, 3.8) is 0 Å². The first kappa shape index (κ1) is 16.1. The predicted octanol–water partition coefficient (Wildman–Crippen LogP) is 1.70. The topological polar surface area (TPSA) is 127 Å². The molecule has 0 aromatic heterocycles. The molecule has 0 spiro atoms. The summed E-state index contributed by atoms with van der Waals surface area (Å²) < 4.78 is 37.6. The molecule has 0 bridgehead atoms. The van der Waals surface area contributed by atoms with Crippen molar-refractivity contribution in [2.24, 2.45) is 11.0 Å². The number of nitrogens with two attached hydrogens (primary N) is 1. The van der Waals surface area contributed by atoms with E-state index < -0.39 is 30.5 Å². The molecule has 2 unspecified atom stereocenters. The molecule has 0 aliphatic heterocycles. The van der Waals surface area contributed by atoms with E-state index in [9.17, 15) is 23.4 Å². The fourth-order valence-corrected chi connectivity index (χ4v) is 1.54. The zero-order valence-corrected chi connectivity index (χ0v) is 10.0. The Hall–Kier alpha value is -2.00. The lowest BCUT2D eigenvalue weighted by Crippen LogP contribution is -2.23. The van der Waals surface area contributed by atoms with Crippen molar-refractivity contribution in [1.29, 1.82) is 0 Å². The van der Waals surface area contributed by atoms with Crippen LogP contribution in [0.15, 0.2) is 23.3 Å². The summed E-state index contributed by atoms with van der Waals surface area (Å²) in [5.41, 5.74) is 8.95. The lowest BCUT2D eigenvalue weighted by atomic mass is 10.00. The SMILES string of the molecule is [N-]=[N+]=NCC(O)C(O)c1ccc(C(F)(F)F)cc1NN. The van der Waals surface area contributed by atoms with Crippen molar-refractivity contribution in [2.45, 2.75) is 18.4 Å². The highest BCUT2D eigenvalue weighted by Gasteiger charge is 2.32. The van der Waals surface area contributed by atoms with Crippen LogP contribution in [0.1, 0.15) is 17.2 Å². The van der Waals surface area contributed by atoms with E-state index in [1.807, 2.05) is 5.43 Å². The number of azide groups is 1. The van der Waals surface area contributed by atoms with Crippen LogP contribution < -0.4 is 11.3 Å². The molecule has 20 heavy (non-hydrogen) atoms. The number of halogens is 3. The number of nitrogens with zero attached hydrogens (tertiary/aromatic N) is 3. The smallest absolute Gasteiger partial charge is 0.390 e. The highest BCUT2D eigenvalue weighted by Crippen LogP contribution is 2.34. The first-order valence-corrected chi connectivity index (χ1v) is 5.36. The molecule has 1 rings (SSSR count). The molecule has 7 nitrogen and oxygen atoms in total. The third kappa shape index (κ3) is 3.75. The van der Waals surface area contributed by atoms with Crippen LogP contribution in [0.3, 0.4) is 0 Å². The minimum Gasteiger partial charge on any atom is -0.390 e. The van der Waals surface area contributed by atoms with Crippen molar-refractivity contribution >= 4 is 5.69 Å². The van der Waals surface area contributed by atoms with Gasteiger partial charge in [-0.3, -0.25) is 5.84 Å². The van der Waals surface area contributed by atoms with Crippen LogP contribution in [0.2, 0.25) is 0 Å². The molecule has 0 amide bonds. The van der Waals surface area contributed by atoms with Crippen LogP contribution in [0.5, 0.6) is 0 Å². The van der Waals surface area contributed by atoms with Gasteiger partial charge in [0.25, 0.3) is 0 Å². The molecule has 1 aromatic rings. The largest absolute Gasteiger partial charge is 0.416 e. The average Bonchev–Trinajstić information content (AvgIpc) is 2.42. The van der Waals surface area contributed by atoms with Crippen molar-refractivity contribution in [3.8, 4) is 0 Å². The number of hydrogen-bond acceptors (Lipinski definition) is 5. The Bertz CT molecular complexity index is 516. The maximum atomic E-state index is 12.5. The Morgan fingerprint density at radius 1 is 1.40 bits per heavy atom. The summed E-state index contributed by atoms with van der Waals surface area (Å²) in [5.74, 6) is 5.11. The standard InChI is InChI=1S/C10H12F3N5O2/c11-10(12,13)5-1-2-6(7(3-5)17-14)9(20)8(19)4-16-18-15/h1-3,8-9,17,19-20H,4,14H2. The van der Waals surface area contributed by atoms with Crippen molar-refractivity contribution in [1.82, 2.24) is 0 Å². The number of aliphatic hydroxyl groups excluding tert-OH is 2.